The van der Waals surface area contributed by atoms with Gasteiger partial charge in [-0.25, -0.2) is 0 Å². The number of piperidine rings is 1. The minimum absolute atomic E-state index is 0.122. The van der Waals surface area contributed by atoms with E-state index in [2.05, 4.69) is 5.32 Å². The molecule has 1 unspecified atom stereocenters. The first-order valence-electron chi connectivity index (χ1n) is 8.84. The second kappa shape index (κ2) is 7.71. The highest BCUT2D eigenvalue weighted by Gasteiger charge is 2.46. The molecule has 1 fully saturated rings. The van der Waals surface area contributed by atoms with Crippen molar-refractivity contribution in [3.05, 3.63) is 0 Å². The van der Waals surface area contributed by atoms with E-state index >= 15 is 0 Å². The summed E-state index contributed by atoms with van der Waals surface area (Å²) in [5, 5.41) is 14.5. The summed E-state index contributed by atoms with van der Waals surface area (Å²) in [6, 6.07) is 0. The van der Waals surface area contributed by atoms with Crippen LogP contribution in [0.25, 0.3) is 0 Å². The van der Waals surface area contributed by atoms with Crippen LogP contribution >= 0.6 is 0 Å². The molecule has 1 saturated heterocycles. The Balaban J connectivity index is 2.70. The van der Waals surface area contributed by atoms with E-state index in [0.717, 1.165) is 0 Å². The van der Waals surface area contributed by atoms with Gasteiger partial charge in [-0.15, -0.1) is 0 Å². The molecule has 8 nitrogen and oxygen atoms in total. The number of hydroxylamine groups is 2. The molecule has 0 radical (unpaired) electrons. The van der Waals surface area contributed by atoms with E-state index in [1.165, 1.54) is 13.8 Å². The van der Waals surface area contributed by atoms with Crippen LogP contribution in [0, 0.1) is 5.92 Å². The quantitative estimate of drug-likeness (QED) is 0.558. The zero-order valence-electron chi connectivity index (χ0n) is 16.9. The number of amides is 1. The van der Waals surface area contributed by atoms with Crippen LogP contribution < -0.4 is 5.32 Å². The number of carbonyl (C=O) groups is 1. The summed E-state index contributed by atoms with van der Waals surface area (Å²) in [7, 11) is -4.20. The van der Waals surface area contributed by atoms with Crippen molar-refractivity contribution in [3.63, 3.8) is 0 Å². The lowest BCUT2D eigenvalue weighted by Gasteiger charge is -2.53. The molecule has 26 heavy (non-hydrogen) atoms. The molecule has 9 heteroatoms. The fourth-order valence-electron chi connectivity index (χ4n) is 3.77. The second-order valence-electron chi connectivity index (χ2n) is 9.28. The number of nitrogens with zero attached hydrogens (tertiary/aromatic N) is 1. The molecular weight excluding hydrogens is 360 g/mol. The first-order valence-corrected chi connectivity index (χ1v) is 10.4. The molecule has 0 spiro atoms. The summed E-state index contributed by atoms with van der Waals surface area (Å²) >= 11 is 0. The zero-order valence-corrected chi connectivity index (χ0v) is 17.7. The van der Waals surface area contributed by atoms with Crippen LogP contribution in [-0.4, -0.2) is 64.1 Å². The molecule has 0 aromatic rings. The Labute approximate surface area is 157 Å². The first kappa shape index (κ1) is 23.3. The predicted octanol–water partition coefficient (Wildman–Crippen LogP) is 1.35. The van der Waals surface area contributed by atoms with E-state index in [4.69, 9.17) is 9.39 Å². The van der Waals surface area contributed by atoms with Crippen molar-refractivity contribution in [2.24, 2.45) is 5.92 Å². The van der Waals surface area contributed by atoms with E-state index in [1.807, 2.05) is 32.8 Å². The van der Waals surface area contributed by atoms with Crippen LogP contribution in [0.3, 0.4) is 0 Å². The van der Waals surface area contributed by atoms with Crippen molar-refractivity contribution in [1.29, 1.82) is 0 Å². The Hall–Kier alpha value is -0.740. The van der Waals surface area contributed by atoms with E-state index in [9.17, 15) is 18.3 Å². The van der Waals surface area contributed by atoms with Gasteiger partial charge in [0, 0.05) is 11.1 Å². The fraction of sp³-hybridized carbons (Fsp3) is 0.941. The van der Waals surface area contributed by atoms with Gasteiger partial charge in [0.2, 0.25) is 5.91 Å². The fourth-order valence-corrected chi connectivity index (χ4v) is 4.76. The Morgan fingerprint density at radius 1 is 1.27 bits per heavy atom. The Bertz CT molecular complexity index is 597. The molecule has 1 atom stereocenters. The molecule has 1 amide bonds. The van der Waals surface area contributed by atoms with E-state index in [1.54, 1.807) is 6.92 Å². The van der Waals surface area contributed by atoms with Gasteiger partial charge < -0.3 is 10.4 Å². The maximum Gasteiger partial charge on any atom is 0.267 e. The molecule has 3 N–H and O–H groups in total. The second-order valence-corrected chi connectivity index (χ2v) is 10.7. The minimum atomic E-state index is -4.20. The summed E-state index contributed by atoms with van der Waals surface area (Å²) in [5.41, 5.74) is -1.87. The molecule has 0 aromatic carbocycles. The average Bonchev–Trinajstić information content (AvgIpc) is 2.30. The normalized spacial score (nSPS) is 22.8. The molecule has 0 bridgehead atoms. The van der Waals surface area contributed by atoms with Crippen molar-refractivity contribution >= 4 is 16.0 Å². The number of aliphatic hydroxyl groups excluding tert-OH is 1. The molecule has 1 aliphatic heterocycles. The highest BCUT2D eigenvalue weighted by molar-refractivity contribution is 7.85. The number of nitrogens with one attached hydrogen (secondary N) is 1. The third-order valence-corrected chi connectivity index (χ3v) is 5.56. The van der Waals surface area contributed by atoms with Crippen LogP contribution in [0.4, 0.5) is 0 Å². The van der Waals surface area contributed by atoms with Crippen LogP contribution in [0.15, 0.2) is 0 Å². The molecule has 0 aromatic heterocycles. The predicted molar refractivity (Wildman–Crippen MR) is 99.0 cm³/mol. The lowest BCUT2D eigenvalue weighted by atomic mass is 9.80. The summed E-state index contributed by atoms with van der Waals surface area (Å²) < 4.78 is 31.1. The van der Waals surface area contributed by atoms with Gasteiger partial charge in [0.1, 0.15) is 0 Å². The van der Waals surface area contributed by atoms with Gasteiger partial charge in [0.05, 0.1) is 29.9 Å². The topological polar surface area (TPSA) is 116 Å². The number of aliphatic hydroxyl groups is 1. The summed E-state index contributed by atoms with van der Waals surface area (Å²) in [6.45, 7) is 12.8. The molecule has 1 aliphatic rings. The lowest BCUT2D eigenvalue weighted by molar-refractivity contribution is -0.295. The first-order chi connectivity index (χ1) is 11.5. The van der Waals surface area contributed by atoms with E-state index < -0.39 is 33.4 Å². The minimum Gasteiger partial charge on any atom is -0.393 e. The standard InChI is InChI=1S/C17H34N2O6S/c1-12(14(21)18-15(2,3)11-26(22,23)24)10-25-19-16(4,5)8-13(20)9-17(19,6)7/h12-13,20H,8-11H2,1-7H3,(H,18,21)(H,22,23,24). The number of rotatable bonds is 7. The zero-order chi connectivity index (χ0) is 20.6. The van der Waals surface area contributed by atoms with Crippen LogP contribution in [0.2, 0.25) is 0 Å². The Kier molecular flexibility index (Phi) is 6.91. The van der Waals surface area contributed by atoms with Crippen LogP contribution in [0.1, 0.15) is 61.3 Å². The van der Waals surface area contributed by atoms with Gasteiger partial charge in [-0.1, -0.05) is 6.92 Å². The Morgan fingerprint density at radius 3 is 2.15 bits per heavy atom. The van der Waals surface area contributed by atoms with E-state index in [0.29, 0.717) is 12.8 Å². The van der Waals surface area contributed by atoms with Crippen LogP contribution in [-0.2, 0) is 19.8 Å². The highest BCUT2D eigenvalue weighted by Crippen LogP contribution is 2.38. The monoisotopic (exact) mass is 394 g/mol. The Morgan fingerprint density at radius 2 is 1.73 bits per heavy atom. The van der Waals surface area contributed by atoms with Crippen molar-refractivity contribution < 1.29 is 27.7 Å². The van der Waals surface area contributed by atoms with Gasteiger partial charge >= 0.3 is 0 Å². The van der Waals surface area contributed by atoms with Gasteiger partial charge in [0.25, 0.3) is 10.1 Å². The number of hydrogen-bond donors (Lipinski definition) is 3. The maximum atomic E-state index is 12.4. The molecule has 154 valence electrons. The van der Waals surface area contributed by atoms with Crippen molar-refractivity contribution in [1.82, 2.24) is 10.4 Å². The molecule has 0 saturated carbocycles. The SMILES string of the molecule is CC(CON1C(C)(C)CC(O)CC1(C)C)C(=O)NC(C)(C)CS(=O)(=O)O. The third-order valence-electron chi connectivity index (χ3n) is 4.48. The summed E-state index contributed by atoms with van der Waals surface area (Å²) in [4.78, 5) is 18.3. The lowest BCUT2D eigenvalue weighted by Crippen LogP contribution is -2.62. The van der Waals surface area contributed by atoms with Gasteiger partial charge in [-0.2, -0.15) is 13.5 Å². The largest absolute Gasteiger partial charge is 0.393 e. The highest BCUT2D eigenvalue weighted by atomic mass is 32.2. The van der Waals surface area contributed by atoms with E-state index in [-0.39, 0.29) is 23.6 Å². The van der Waals surface area contributed by atoms with Crippen molar-refractivity contribution in [2.45, 2.75) is 84.0 Å². The number of hydrogen-bond acceptors (Lipinski definition) is 6. The summed E-state index contributed by atoms with van der Waals surface area (Å²) in [5.74, 6) is -1.44. The molecule has 1 rings (SSSR count). The third kappa shape index (κ3) is 6.77. The van der Waals surface area contributed by atoms with Gasteiger partial charge in [-0.3, -0.25) is 14.2 Å². The van der Waals surface area contributed by atoms with Gasteiger partial charge in [0.15, 0.2) is 0 Å². The number of carbonyl (C=O) groups excluding carboxylic acids is 1. The van der Waals surface area contributed by atoms with Gasteiger partial charge in [-0.05, 0) is 54.4 Å². The summed E-state index contributed by atoms with van der Waals surface area (Å²) in [6.07, 6.45) is 0.735. The molecule has 1 heterocycles. The van der Waals surface area contributed by atoms with Crippen LogP contribution in [0.5, 0.6) is 0 Å². The average molecular weight is 395 g/mol. The smallest absolute Gasteiger partial charge is 0.267 e. The molecule has 0 aliphatic carbocycles. The van der Waals surface area contributed by atoms with Crippen molar-refractivity contribution in [2.75, 3.05) is 12.4 Å². The molecular formula is C17H34N2O6S. The maximum absolute atomic E-state index is 12.4. The van der Waals surface area contributed by atoms with Crippen molar-refractivity contribution in [3.8, 4) is 0 Å².